The molecule has 0 bridgehead atoms. The molecule has 1 heterocycles. The van der Waals surface area contributed by atoms with Gasteiger partial charge in [-0.1, -0.05) is 12.1 Å². The van der Waals surface area contributed by atoms with Crippen LogP contribution >= 0.6 is 0 Å². The first-order valence-corrected chi connectivity index (χ1v) is 8.13. The predicted molar refractivity (Wildman–Crippen MR) is 75.9 cm³/mol. The minimum absolute atomic E-state index is 0.168. The zero-order valence-electron chi connectivity index (χ0n) is 12.0. The van der Waals surface area contributed by atoms with Crippen molar-refractivity contribution in [3.05, 3.63) is 29.3 Å². The fourth-order valence-corrected chi connectivity index (χ4v) is 4.15. The van der Waals surface area contributed by atoms with Gasteiger partial charge in [-0.05, 0) is 44.4 Å². The van der Waals surface area contributed by atoms with Crippen LogP contribution in [0, 0.1) is 6.92 Å². The number of nitrogens with one attached hydrogen (secondary N) is 1. The summed E-state index contributed by atoms with van der Waals surface area (Å²) in [4.78, 5) is 0.212. The van der Waals surface area contributed by atoms with Gasteiger partial charge in [-0.25, -0.2) is 13.1 Å². The molecule has 112 valence electrons. The van der Waals surface area contributed by atoms with Crippen LogP contribution in [0.1, 0.15) is 31.4 Å². The Bertz CT molecular complexity index is 599. The maximum absolute atomic E-state index is 12.6. The van der Waals surface area contributed by atoms with E-state index in [0.717, 1.165) is 0 Å². The van der Waals surface area contributed by atoms with Gasteiger partial charge in [0.25, 0.3) is 0 Å². The van der Waals surface area contributed by atoms with Gasteiger partial charge in [0.1, 0.15) is 0 Å². The summed E-state index contributed by atoms with van der Waals surface area (Å²) in [6.45, 7) is 5.84. The van der Waals surface area contributed by atoms with E-state index < -0.39 is 15.6 Å². The highest BCUT2D eigenvalue weighted by atomic mass is 32.2. The number of aliphatic hydroxyl groups is 1. The largest absolute Gasteiger partial charge is 0.392 e. The highest BCUT2D eigenvalue weighted by Crippen LogP contribution is 2.28. The molecule has 6 heteroatoms. The number of ether oxygens (including phenoxy) is 1. The summed E-state index contributed by atoms with van der Waals surface area (Å²) in [6.07, 6.45) is 0.477. The molecule has 5 nitrogen and oxygen atoms in total. The lowest BCUT2D eigenvalue weighted by molar-refractivity contribution is 0.0957. The van der Waals surface area contributed by atoms with E-state index in [0.29, 0.717) is 24.2 Å². The first-order valence-electron chi connectivity index (χ1n) is 6.64. The molecular weight excluding hydrogens is 278 g/mol. The minimum Gasteiger partial charge on any atom is -0.392 e. The van der Waals surface area contributed by atoms with Gasteiger partial charge >= 0.3 is 0 Å². The van der Waals surface area contributed by atoms with Crippen LogP contribution in [0.15, 0.2) is 23.1 Å². The molecular formula is C14H21NO4S. The Balaban J connectivity index is 2.36. The average molecular weight is 299 g/mol. The standard InChI is InChI=1S/C14H21NO4S/c1-10-4-5-12(9-16)8-13(10)20(17,18)15-14(3)6-7-19-11(14)2/h4-5,8,11,15-16H,6-7,9H2,1-3H3. The van der Waals surface area contributed by atoms with E-state index in [2.05, 4.69) is 4.72 Å². The van der Waals surface area contributed by atoms with E-state index in [1.165, 1.54) is 6.07 Å². The lowest BCUT2D eigenvalue weighted by Gasteiger charge is -2.28. The summed E-state index contributed by atoms with van der Waals surface area (Å²) in [6, 6.07) is 4.94. The second-order valence-corrected chi connectivity index (χ2v) is 7.19. The highest BCUT2D eigenvalue weighted by Gasteiger charge is 2.40. The van der Waals surface area contributed by atoms with Crippen LogP contribution in [0.4, 0.5) is 0 Å². The molecule has 0 aliphatic carbocycles. The fourth-order valence-electron chi connectivity index (χ4n) is 2.36. The van der Waals surface area contributed by atoms with Crippen molar-refractivity contribution in [1.82, 2.24) is 4.72 Å². The quantitative estimate of drug-likeness (QED) is 0.879. The second-order valence-electron chi connectivity index (χ2n) is 5.54. The third-order valence-corrected chi connectivity index (χ3v) is 5.73. The van der Waals surface area contributed by atoms with Gasteiger partial charge in [0.05, 0.1) is 23.1 Å². The van der Waals surface area contributed by atoms with Crippen LogP contribution < -0.4 is 4.72 Å². The molecule has 0 spiro atoms. The maximum atomic E-state index is 12.6. The van der Waals surface area contributed by atoms with E-state index in [4.69, 9.17) is 9.84 Å². The SMILES string of the molecule is Cc1ccc(CO)cc1S(=O)(=O)NC1(C)CCOC1C. The molecule has 20 heavy (non-hydrogen) atoms. The summed E-state index contributed by atoms with van der Waals surface area (Å²) in [5, 5.41) is 9.16. The zero-order chi connectivity index (χ0) is 15.0. The van der Waals surface area contributed by atoms with Crippen molar-refractivity contribution in [2.75, 3.05) is 6.61 Å². The minimum atomic E-state index is -3.64. The van der Waals surface area contributed by atoms with E-state index in [-0.39, 0.29) is 17.6 Å². The summed E-state index contributed by atoms with van der Waals surface area (Å²) in [7, 11) is -3.64. The van der Waals surface area contributed by atoms with Gasteiger partial charge in [-0.3, -0.25) is 0 Å². The van der Waals surface area contributed by atoms with Crippen molar-refractivity contribution in [2.45, 2.75) is 50.3 Å². The lowest BCUT2D eigenvalue weighted by Crippen LogP contribution is -2.50. The van der Waals surface area contributed by atoms with Crippen molar-refractivity contribution in [3.8, 4) is 0 Å². The first kappa shape index (κ1) is 15.4. The van der Waals surface area contributed by atoms with Gasteiger partial charge in [0.15, 0.2) is 0 Å². The first-order chi connectivity index (χ1) is 9.28. The number of sulfonamides is 1. The van der Waals surface area contributed by atoms with Crippen LogP contribution in [-0.2, 0) is 21.4 Å². The number of rotatable bonds is 4. The molecule has 0 amide bonds. The summed E-state index contributed by atoms with van der Waals surface area (Å²) in [5.41, 5.74) is 0.641. The van der Waals surface area contributed by atoms with E-state index in [9.17, 15) is 8.42 Å². The number of hydrogen-bond acceptors (Lipinski definition) is 4. The monoisotopic (exact) mass is 299 g/mol. The third kappa shape index (κ3) is 2.88. The lowest BCUT2D eigenvalue weighted by atomic mass is 9.97. The topological polar surface area (TPSA) is 75.6 Å². The van der Waals surface area contributed by atoms with Crippen molar-refractivity contribution in [2.24, 2.45) is 0 Å². The molecule has 1 aliphatic rings. The highest BCUT2D eigenvalue weighted by molar-refractivity contribution is 7.89. The zero-order valence-corrected chi connectivity index (χ0v) is 12.8. The molecule has 1 fully saturated rings. The number of aryl methyl sites for hydroxylation is 1. The summed E-state index contributed by atoms with van der Waals surface area (Å²) < 4.78 is 33.4. The van der Waals surface area contributed by atoms with Crippen LogP contribution in [0.3, 0.4) is 0 Å². The second kappa shape index (κ2) is 5.44. The van der Waals surface area contributed by atoms with Crippen LogP contribution in [0.25, 0.3) is 0 Å². The molecule has 2 N–H and O–H groups in total. The Morgan fingerprint density at radius 3 is 2.75 bits per heavy atom. The predicted octanol–water partition coefficient (Wildman–Crippen LogP) is 1.33. The van der Waals surface area contributed by atoms with Crippen molar-refractivity contribution in [1.29, 1.82) is 0 Å². The number of benzene rings is 1. The smallest absolute Gasteiger partial charge is 0.241 e. The molecule has 0 saturated carbocycles. The Morgan fingerprint density at radius 2 is 2.20 bits per heavy atom. The van der Waals surface area contributed by atoms with Crippen molar-refractivity contribution < 1.29 is 18.3 Å². The maximum Gasteiger partial charge on any atom is 0.241 e. The molecule has 2 rings (SSSR count). The molecule has 2 unspecified atom stereocenters. The van der Waals surface area contributed by atoms with Crippen molar-refractivity contribution >= 4 is 10.0 Å². The summed E-state index contributed by atoms with van der Waals surface area (Å²) in [5.74, 6) is 0. The molecule has 1 aromatic carbocycles. The third-order valence-electron chi connectivity index (χ3n) is 3.98. The number of hydrogen-bond donors (Lipinski definition) is 2. The Labute approximate surface area is 120 Å². The van der Waals surface area contributed by atoms with E-state index in [1.807, 2.05) is 13.8 Å². The van der Waals surface area contributed by atoms with Crippen molar-refractivity contribution in [3.63, 3.8) is 0 Å². The summed E-state index contributed by atoms with van der Waals surface area (Å²) >= 11 is 0. The Kier molecular flexibility index (Phi) is 4.20. The molecule has 2 atom stereocenters. The van der Waals surface area contributed by atoms with E-state index in [1.54, 1.807) is 19.1 Å². The van der Waals surface area contributed by atoms with E-state index >= 15 is 0 Å². The van der Waals surface area contributed by atoms with Crippen LogP contribution in [-0.4, -0.2) is 31.8 Å². The molecule has 1 saturated heterocycles. The Morgan fingerprint density at radius 1 is 1.50 bits per heavy atom. The molecule has 0 aromatic heterocycles. The number of aliphatic hydroxyl groups excluding tert-OH is 1. The Hall–Kier alpha value is -0.950. The van der Waals surface area contributed by atoms with Gasteiger partial charge in [-0.2, -0.15) is 0 Å². The molecule has 1 aromatic rings. The van der Waals surface area contributed by atoms with Gasteiger partial charge in [0.2, 0.25) is 10.0 Å². The van der Waals surface area contributed by atoms with Crippen LogP contribution in [0.5, 0.6) is 0 Å². The van der Waals surface area contributed by atoms with Gasteiger partial charge < -0.3 is 9.84 Å². The molecule has 1 aliphatic heterocycles. The fraction of sp³-hybridized carbons (Fsp3) is 0.571. The normalized spacial score (nSPS) is 26.9. The average Bonchev–Trinajstić information content (AvgIpc) is 2.68. The van der Waals surface area contributed by atoms with Crippen LogP contribution in [0.2, 0.25) is 0 Å². The van der Waals surface area contributed by atoms with Gasteiger partial charge in [-0.15, -0.1) is 0 Å². The van der Waals surface area contributed by atoms with Gasteiger partial charge in [0, 0.05) is 6.61 Å². The molecule has 0 radical (unpaired) electrons.